The minimum Gasteiger partial charge on any atom is -0.288 e. The Balaban J connectivity index is 2.32. The molecule has 0 N–H and O–H groups in total. The van der Waals surface area contributed by atoms with Crippen molar-refractivity contribution in [3.05, 3.63) is 80.8 Å². The molecule has 2 aromatic carbocycles. The van der Waals surface area contributed by atoms with Crippen molar-refractivity contribution in [1.82, 2.24) is 0 Å². The van der Waals surface area contributed by atoms with Gasteiger partial charge in [-0.3, -0.25) is 9.59 Å². The summed E-state index contributed by atoms with van der Waals surface area (Å²) in [5.41, 5.74) is 1.05. The Bertz CT molecular complexity index is 602. The minimum absolute atomic E-state index is 0.220. The van der Waals surface area contributed by atoms with Gasteiger partial charge in [-0.2, -0.15) is 0 Å². The van der Waals surface area contributed by atoms with Gasteiger partial charge in [-0.15, -0.1) is 0 Å². The van der Waals surface area contributed by atoms with Crippen LogP contribution in [0, 0.1) is 0 Å². The van der Waals surface area contributed by atoms with E-state index in [1.54, 1.807) is 48.5 Å². The summed E-state index contributed by atoms with van der Waals surface area (Å²) in [5.74, 6) is -0.469. The fourth-order valence-corrected chi connectivity index (χ4v) is 2.45. The van der Waals surface area contributed by atoms with Crippen LogP contribution in [0.1, 0.15) is 20.7 Å². The molecule has 0 atom stereocenters. The Labute approximate surface area is 133 Å². The summed E-state index contributed by atoms with van der Waals surface area (Å²) >= 11 is 6.41. The third-order valence-electron chi connectivity index (χ3n) is 2.66. The van der Waals surface area contributed by atoms with E-state index in [-0.39, 0.29) is 20.5 Å². The Kier molecular flexibility index (Phi) is 5.04. The lowest BCUT2D eigenvalue weighted by molar-refractivity contribution is 0.101. The summed E-state index contributed by atoms with van der Waals surface area (Å²) in [7, 11) is 0. The summed E-state index contributed by atoms with van der Waals surface area (Å²) in [6, 6.07) is 17.6. The Morgan fingerprint density at radius 1 is 0.600 bits per heavy atom. The van der Waals surface area contributed by atoms with Crippen molar-refractivity contribution in [2.45, 2.75) is 0 Å². The van der Waals surface area contributed by atoms with Crippen LogP contribution in [0.4, 0.5) is 0 Å². The van der Waals surface area contributed by atoms with Gasteiger partial charge in [0.2, 0.25) is 11.6 Å². The van der Waals surface area contributed by atoms with Gasteiger partial charge in [-0.25, -0.2) is 0 Å². The molecule has 0 fully saturated rings. The summed E-state index contributed by atoms with van der Waals surface area (Å²) in [5, 5.41) is 0. The molecule has 0 aliphatic heterocycles. The number of hydrogen-bond acceptors (Lipinski definition) is 2. The van der Waals surface area contributed by atoms with E-state index in [2.05, 4.69) is 31.9 Å². The van der Waals surface area contributed by atoms with E-state index in [0.29, 0.717) is 11.1 Å². The molecule has 2 nitrogen and oxygen atoms in total. The van der Waals surface area contributed by atoms with Gasteiger partial charge >= 0.3 is 0 Å². The van der Waals surface area contributed by atoms with E-state index in [0.717, 1.165) is 0 Å². The van der Waals surface area contributed by atoms with Gasteiger partial charge in [0.25, 0.3) is 0 Å². The topological polar surface area (TPSA) is 34.1 Å². The fourth-order valence-electron chi connectivity index (χ4n) is 1.63. The Hall–Kier alpha value is -1.52. The Morgan fingerprint density at radius 2 is 0.900 bits per heavy atom. The first-order valence-electron chi connectivity index (χ1n) is 5.86. The molecule has 0 aromatic heterocycles. The first kappa shape index (κ1) is 14.9. The van der Waals surface area contributed by atoms with Crippen molar-refractivity contribution < 1.29 is 9.59 Å². The van der Waals surface area contributed by atoms with Crippen LogP contribution < -0.4 is 0 Å². The molecule has 0 unspecified atom stereocenters. The molecular weight excluding hydrogens is 384 g/mol. The molecule has 2 rings (SSSR count). The van der Waals surface area contributed by atoms with Crippen LogP contribution in [0.5, 0.6) is 0 Å². The second-order valence-electron chi connectivity index (χ2n) is 4.02. The first-order valence-corrected chi connectivity index (χ1v) is 7.44. The standard InChI is InChI=1S/C16H10Br2O2/c17-13(15(19)11-7-3-1-4-8-11)14(18)16(20)12-9-5-2-6-10-12/h1-10H/b14-13+. The van der Waals surface area contributed by atoms with E-state index < -0.39 is 0 Å². The lowest BCUT2D eigenvalue weighted by Crippen LogP contribution is -2.06. The Morgan fingerprint density at radius 3 is 1.20 bits per heavy atom. The quantitative estimate of drug-likeness (QED) is 0.554. The lowest BCUT2D eigenvalue weighted by Gasteiger charge is -2.04. The highest BCUT2D eigenvalue weighted by molar-refractivity contribution is 9.14. The third kappa shape index (κ3) is 3.32. The van der Waals surface area contributed by atoms with E-state index >= 15 is 0 Å². The van der Waals surface area contributed by atoms with Gasteiger partial charge < -0.3 is 0 Å². The number of carbonyl (C=O) groups is 2. The van der Waals surface area contributed by atoms with Crippen LogP contribution in [0.3, 0.4) is 0 Å². The molecule has 20 heavy (non-hydrogen) atoms. The minimum atomic E-state index is -0.234. The predicted molar refractivity (Wildman–Crippen MR) is 86.4 cm³/mol. The molecule has 0 aliphatic rings. The summed E-state index contributed by atoms with van der Waals surface area (Å²) in [6.45, 7) is 0. The maximum Gasteiger partial charge on any atom is 0.201 e. The van der Waals surface area contributed by atoms with Crippen LogP contribution >= 0.6 is 31.9 Å². The van der Waals surface area contributed by atoms with Crippen LogP contribution in [0.2, 0.25) is 0 Å². The van der Waals surface area contributed by atoms with Crippen LogP contribution in [-0.2, 0) is 0 Å². The van der Waals surface area contributed by atoms with Crippen molar-refractivity contribution >= 4 is 43.4 Å². The molecule has 100 valence electrons. The number of halogens is 2. The zero-order chi connectivity index (χ0) is 14.5. The van der Waals surface area contributed by atoms with Crippen LogP contribution in [0.25, 0.3) is 0 Å². The molecule has 0 saturated heterocycles. The van der Waals surface area contributed by atoms with Gasteiger partial charge in [0.05, 0.1) is 8.96 Å². The van der Waals surface area contributed by atoms with Crippen molar-refractivity contribution in [2.24, 2.45) is 0 Å². The maximum atomic E-state index is 12.2. The number of ketones is 2. The van der Waals surface area contributed by atoms with Gasteiger partial charge in [0, 0.05) is 11.1 Å². The lowest BCUT2D eigenvalue weighted by atomic mass is 10.1. The maximum absolute atomic E-state index is 12.2. The molecule has 0 radical (unpaired) electrons. The molecule has 0 bridgehead atoms. The van der Waals surface area contributed by atoms with E-state index in [1.165, 1.54) is 0 Å². The normalized spacial score (nSPS) is 11.7. The largest absolute Gasteiger partial charge is 0.288 e. The van der Waals surface area contributed by atoms with Gasteiger partial charge in [-0.05, 0) is 31.9 Å². The molecule has 2 aromatic rings. The summed E-state index contributed by atoms with van der Waals surface area (Å²) < 4.78 is 0.440. The van der Waals surface area contributed by atoms with Gasteiger partial charge in [-0.1, -0.05) is 60.7 Å². The van der Waals surface area contributed by atoms with Gasteiger partial charge in [0.15, 0.2) is 0 Å². The number of allylic oxidation sites excluding steroid dienone is 2. The first-order chi connectivity index (χ1) is 9.61. The number of hydrogen-bond donors (Lipinski definition) is 0. The van der Waals surface area contributed by atoms with Crippen LogP contribution in [-0.4, -0.2) is 11.6 Å². The predicted octanol–water partition coefficient (Wildman–Crippen LogP) is 4.75. The highest BCUT2D eigenvalue weighted by atomic mass is 79.9. The molecule has 4 heteroatoms. The smallest absolute Gasteiger partial charge is 0.201 e. The zero-order valence-corrected chi connectivity index (χ0v) is 13.5. The van der Waals surface area contributed by atoms with E-state index in [4.69, 9.17) is 0 Å². The zero-order valence-electron chi connectivity index (χ0n) is 10.3. The molecule has 0 amide bonds. The molecule has 0 spiro atoms. The second-order valence-corrected chi connectivity index (χ2v) is 5.60. The second kappa shape index (κ2) is 6.77. The summed E-state index contributed by atoms with van der Waals surface area (Å²) in [6.07, 6.45) is 0. The molecule has 0 aliphatic carbocycles. The average Bonchev–Trinajstić information content (AvgIpc) is 2.53. The van der Waals surface area contributed by atoms with E-state index in [9.17, 15) is 9.59 Å². The van der Waals surface area contributed by atoms with Crippen molar-refractivity contribution in [3.8, 4) is 0 Å². The van der Waals surface area contributed by atoms with E-state index in [1.807, 2.05) is 12.1 Å². The SMILES string of the molecule is O=C(/C(Br)=C(\Br)C(=O)c1ccccc1)c1ccccc1. The van der Waals surface area contributed by atoms with Crippen molar-refractivity contribution in [2.75, 3.05) is 0 Å². The van der Waals surface area contributed by atoms with Gasteiger partial charge in [0.1, 0.15) is 0 Å². The number of rotatable bonds is 4. The van der Waals surface area contributed by atoms with Crippen molar-refractivity contribution in [1.29, 1.82) is 0 Å². The monoisotopic (exact) mass is 392 g/mol. The summed E-state index contributed by atoms with van der Waals surface area (Å²) in [4.78, 5) is 24.5. The highest BCUT2D eigenvalue weighted by Crippen LogP contribution is 2.25. The molecule has 0 heterocycles. The fraction of sp³-hybridized carbons (Fsp3) is 0. The third-order valence-corrected chi connectivity index (χ3v) is 4.71. The number of benzene rings is 2. The molecular formula is C16H10Br2O2. The number of Topliss-reactive ketones (excluding diaryl/α,β-unsaturated/α-hetero) is 2. The van der Waals surface area contributed by atoms with Crippen LogP contribution in [0.15, 0.2) is 69.6 Å². The average molecular weight is 394 g/mol. The molecule has 0 saturated carbocycles. The van der Waals surface area contributed by atoms with Crippen molar-refractivity contribution in [3.63, 3.8) is 0 Å². The highest BCUT2D eigenvalue weighted by Gasteiger charge is 2.19. The number of carbonyl (C=O) groups excluding carboxylic acids is 2.